The van der Waals surface area contributed by atoms with Crippen LogP contribution in [0, 0.1) is 0 Å². The quantitative estimate of drug-likeness (QED) is 0.216. The van der Waals surface area contributed by atoms with E-state index in [0.29, 0.717) is 32.9 Å². The number of guanidine groups is 1. The molecule has 2 aromatic rings. The maximum atomic E-state index is 5.50. The molecule has 0 fully saturated rings. The van der Waals surface area contributed by atoms with Crippen molar-refractivity contribution in [2.75, 3.05) is 46.6 Å². The molecular weight excluding hydrogens is 465 g/mol. The first kappa shape index (κ1) is 24.4. The molecular formula is C22H32IN3O2. The van der Waals surface area contributed by atoms with Gasteiger partial charge >= 0.3 is 0 Å². The van der Waals surface area contributed by atoms with Gasteiger partial charge in [-0.25, -0.2) is 0 Å². The number of nitrogens with zero attached hydrogens (tertiary/aromatic N) is 1. The van der Waals surface area contributed by atoms with Gasteiger partial charge in [-0.15, -0.1) is 24.0 Å². The molecule has 0 aliphatic rings. The Balaban J connectivity index is 0.00000392. The van der Waals surface area contributed by atoms with E-state index in [1.54, 1.807) is 7.11 Å². The molecule has 0 spiro atoms. The lowest BCUT2D eigenvalue weighted by molar-refractivity contribution is 0.0733. The highest BCUT2D eigenvalue weighted by Crippen LogP contribution is 2.24. The van der Waals surface area contributed by atoms with Gasteiger partial charge in [0.05, 0.1) is 26.4 Å². The fraction of sp³-hybridized carbons (Fsp3) is 0.409. The molecule has 0 atom stereocenters. The molecule has 0 saturated heterocycles. The van der Waals surface area contributed by atoms with Gasteiger partial charge in [-0.1, -0.05) is 60.7 Å². The molecule has 2 N–H and O–H groups in total. The lowest BCUT2D eigenvalue weighted by Gasteiger charge is -2.18. The highest BCUT2D eigenvalue weighted by molar-refractivity contribution is 14.0. The molecule has 28 heavy (non-hydrogen) atoms. The summed E-state index contributed by atoms with van der Waals surface area (Å²) in [7, 11) is 1.67. The summed E-state index contributed by atoms with van der Waals surface area (Å²) in [6, 6.07) is 21.1. The lowest BCUT2D eigenvalue weighted by Crippen LogP contribution is -2.39. The molecule has 0 aliphatic carbocycles. The van der Waals surface area contributed by atoms with Crippen molar-refractivity contribution in [1.82, 2.24) is 10.6 Å². The van der Waals surface area contributed by atoms with Crippen LogP contribution in [0.3, 0.4) is 0 Å². The Morgan fingerprint density at radius 3 is 2.04 bits per heavy atom. The number of hydrogen-bond donors (Lipinski definition) is 2. The standard InChI is InChI=1S/C22H31N3O2.HI/c1-3-23-22(24-14-15-27-17-16-26-2)25-18-21(19-10-6-4-7-11-19)20-12-8-5-9-13-20;/h4-13,21H,3,14-18H2,1-2H3,(H2,23,24,25);1H. The van der Waals surface area contributed by atoms with Gasteiger partial charge in [-0.3, -0.25) is 4.99 Å². The van der Waals surface area contributed by atoms with Crippen molar-refractivity contribution >= 4 is 29.9 Å². The molecule has 0 heterocycles. The van der Waals surface area contributed by atoms with Gasteiger partial charge in [0.15, 0.2) is 5.96 Å². The summed E-state index contributed by atoms with van der Waals surface area (Å²) in [5.74, 6) is 1.03. The van der Waals surface area contributed by atoms with Gasteiger partial charge in [0.2, 0.25) is 0 Å². The Labute approximate surface area is 186 Å². The van der Waals surface area contributed by atoms with Crippen molar-refractivity contribution < 1.29 is 9.47 Å². The van der Waals surface area contributed by atoms with Gasteiger partial charge in [0, 0.05) is 26.1 Å². The molecule has 0 aromatic heterocycles. The van der Waals surface area contributed by atoms with Crippen LogP contribution in [0.2, 0.25) is 0 Å². The monoisotopic (exact) mass is 497 g/mol. The minimum Gasteiger partial charge on any atom is -0.382 e. The zero-order chi connectivity index (χ0) is 19.2. The van der Waals surface area contributed by atoms with Crippen LogP contribution in [0.1, 0.15) is 24.0 Å². The molecule has 0 bridgehead atoms. The zero-order valence-electron chi connectivity index (χ0n) is 16.8. The molecule has 6 heteroatoms. The van der Waals surface area contributed by atoms with E-state index in [1.807, 2.05) is 12.1 Å². The predicted molar refractivity (Wildman–Crippen MR) is 127 cm³/mol. The van der Waals surface area contributed by atoms with E-state index in [0.717, 1.165) is 12.5 Å². The molecule has 2 aromatic carbocycles. The van der Waals surface area contributed by atoms with Crippen molar-refractivity contribution in [3.63, 3.8) is 0 Å². The molecule has 0 saturated carbocycles. The van der Waals surface area contributed by atoms with Crippen molar-refractivity contribution in [2.45, 2.75) is 12.8 Å². The van der Waals surface area contributed by atoms with E-state index >= 15 is 0 Å². The van der Waals surface area contributed by atoms with Crippen LogP contribution in [-0.2, 0) is 9.47 Å². The van der Waals surface area contributed by atoms with Crippen molar-refractivity contribution in [3.8, 4) is 0 Å². The second-order valence-corrected chi connectivity index (χ2v) is 6.13. The lowest BCUT2D eigenvalue weighted by atomic mass is 9.91. The number of aliphatic imine (C=N–C) groups is 1. The fourth-order valence-corrected chi connectivity index (χ4v) is 2.78. The van der Waals surface area contributed by atoms with Gasteiger partial charge in [0.1, 0.15) is 0 Å². The minimum absolute atomic E-state index is 0. The molecule has 154 valence electrons. The average molecular weight is 497 g/mol. The Hall–Kier alpha value is -1.64. The Kier molecular flexibility index (Phi) is 13.3. The largest absolute Gasteiger partial charge is 0.382 e. The van der Waals surface area contributed by atoms with E-state index in [9.17, 15) is 0 Å². The van der Waals surface area contributed by atoms with Crippen molar-refractivity contribution in [2.24, 2.45) is 4.99 Å². The fourth-order valence-electron chi connectivity index (χ4n) is 2.78. The van der Waals surface area contributed by atoms with Crippen LogP contribution in [0.4, 0.5) is 0 Å². The molecule has 0 radical (unpaired) electrons. The third-order valence-electron chi connectivity index (χ3n) is 4.15. The van der Waals surface area contributed by atoms with Crippen LogP contribution in [0.5, 0.6) is 0 Å². The Morgan fingerprint density at radius 2 is 1.50 bits per heavy atom. The number of hydrogen-bond acceptors (Lipinski definition) is 3. The van der Waals surface area contributed by atoms with Gasteiger partial charge in [-0.05, 0) is 18.1 Å². The zero-order valence-corrected chi connectivity index (χ0v) is 19.1. The number of benzene rings is 2. The first-order chi connectivity index (χ1) is 13.3. The Bertz CT molecular complexity index is 614. The van der Waals surface area contributed by atoms with Crippen LogP contribution < -0.4 is 10.6 Å². The SMILES string of the molecule is CCNC(=NCC(c1ccccc1)c1ccccc1)NCCOCCOC.I. The highest BCUT2D eigenvalue weighted by Gasteiger charge is 2.13. The van der Waals surface area contributed by atoms with Gasteiger partial charge < -0.3 is 20.1 Å². The second-order valence-electron chi connectivity index (χ2n) is 6.13. The average Bonchev–Trinajstić information content (AvgIpc) is 2.72. The predicted octanol–water partition coefficient (Wildman–Crippen LogP) is 3.65. The first-order valence-corrected chi connectivity index (χ1v) is 9.54. The normalized spacial score (nSPS) is 11.2. The topological polar surface area (TPSA) is 54.9 Å². The van der Waals surface area contributed by atoms with E-state index in [1.165, 1.54) is 11.1 Å². The summed E-state index contributed by atoms with van der Waals surface area (Å²) in [5, 5.41) is 6.63. The van der Waals surface area contributed by atoms with Crippen LogP contribution in [0.15, 0.2) is 65.7 Å². The summed E-state index contributed by atoms with van der Waals surface area (Å²) in [6.45, 7) is 6.11. The highest BCUT2D eigenvalue weighted by atomic mass is 127. The van der Waals surface area contributed by atoms with Crippen molar-refractivity contribution in [3.05, 3.63) is 71.8 Å². The maximum absolute atomic E-state index is 5.50. The minimum atomic E-state index is 0. The smallest absolute Gasteiger partial charge is 0.191 e. The summed E-state index contributed by atoms with van der Waals surface area (Å²) in [4.78, 5) is 4.81. The number of nitrogens with one attached hydrogen (secondary N) is 2. The van der Waals surface area contributed by atoms with Crippen LogP contribution >= 0.6 is 24.0 Å². The van der Waals surface area contributed by atoms with Gasteiger partial charge in [0.25, 0.3) is 0 Å². The summed E-state index contributed by atoms with van der Waals surface area (Å²) >= 11 is 0. The van der Waals surface area contributed by atoms with E-state index in [-0.39, 0.29) is 29.9 Å². The number of rotatable bonds is 11. The summed E-state index contributed by atoms with van der Waals surface area (Å²) < 4.78 is 10.5. The second kappa shape index (κ2) is 15.3. The molecule has 5 nitrogen and oxygen atoms in total. The number of ether oxygens (including phenoxy) is 2. The summed E-state index contributed by atoms with van der Waals surface area (Å²) in [6.07, 6.45) is 0. The first-order valence-electron chi connectivity index (χ1n) is 9.54. The number of halogens is 1. The Morgan fingerprint density at radius 1 is 0.893 bits per heavy atom. The molecule has 2 rings (SSSR count). The van der Waals surface area contributed by atoms with Gasteiger partial charge in [-0.2, -0.15) is 0 Å². The third-order valence-corrected chi connectivity index (χ3v) is 4.15. The molecule has 0 aliphatic heterocycles. The van der Waals surface area contributed by atoms with E-state index in [2.05, 4.69) is 66.1 Å². The maximum Gasteiger partial charge on any atom is 0.191 e. The number of methoxy groups -OCH3 is 1. The summed E-state index contributed by atoms with van der Waals surface area (Å²) in [5.41, 5.74) is 2.54. The van der Waals surface area contributed by atoms with Crippen LogP contribution in [0.25, 0.3) is 0 Å². The van der Waals surface area contributed by atoms with E-state index in [4.69, 9.17) is 14.5 Å². The third kappa shape index (κ3) is 9.03. The molecule has 0 amide bonds. The molecule has 0 unspecified atom stereocenters. The van der Waals surface area contributed by atoms with Crippen LogP contribution in [-0.4, -0.2) is 52.5 Å². The van der Waals surface area contributed by atoms with E-state index < -0.39 is 0 Å². The van der Waals surface area contributed by atoms with Crippen molar-refractivity contribution in [1.29, 1.82) is 0 Å².